The molecule has 0 bridgehead atoms. The summed E-state index contributed by atoms with van der Waals surface area (Å²) in [6.45, 7) is 8.75. The Labute approximate surface area is 105 Å². The van der Waals surface area contributed by atoms with E-state index in [2.05, 4.69) is 69.9 Å². The van der Waals surface area contributed by atoms with Crippen molar-refractivity contribution in [2.75, 3.05) is 14.1 Å². The number of benzene rings is 1. The number of rotatable bonds is 1. The molecule has 0 spiro atoms. The Hall–Kier alpha value is -1.44. The summed E-state index contributed by atoms with van der Waals surface area (Å²) in [7, 11) is 4.31. The van der Waals surface area contributed by atoms with Gasteiger partial charge >= 0.3 is 0 Å². The van der Waals surface area contributed by atoms with Crippen molar-refractivity contribution in [3.05, 3.63) is 46.3 Å². The van der Waals surface area contributed by atoms with Gasteiger partial charge in [0.05, 0.1) is 0 Å². The molecule has 0 aliphatic carbocycles. The van der Waals surface area contributed by atoms with Crippen LogP contribution in [0.1, 0.15) is 35.3 Å². The molecule has 1 aliphatic rings. The Kier molecular flexibility index (Phi) is 2.90. The minimum absolute atomic E-state index is 0.341. The molecule has 1 heterocycles. The van der Waals surface area contributed by atoms with E-state index in [-0.39, 0.29) is 0 Å². The smallest absolute Gasteiger partial charge is 0.127 e. The summed E-state index contributed by atoms with van der Waals surface area (Å²) in [6.07, 6.45) is 2.55. The van der Waals surface area contributed by atoms with Gasteiger partial charge < -0.3 is 9.80 Å². The summed E-state index contributed by atoms with van der Waals surface area (Å²) >= 11 is 0. The molecular weight excluding hydrogens is 208 g/mol. The van der Waals surface area contributed by atoms with Crippen molar-refractivity contribution in [2.45, 2.75) is 33.9 Å². The van der Waals surface area contributed by atoms with Crippen molar-refractivity contribution in [1.29, 1.82) is 0 Å². The predicted octanol–water partition coefficient (Wildman–Crippen LogP) is 3.35. The highest BCUT2D eigenvalue weighted by Crippen LogP contribution is 2.34. The average molecular weight is 230 g/mol. The van der Waals surface area contributed by atoms with Gasteiger partial charge in [0.2, 0.25) is 0 Å². The molecule has 1 unspecified atom stereocenters. The molecule has 1 aliphatic heterocycles. The SMILES string of the molecule is CC1=CN(C)C(c2cc(C)cc(C)c2C)N1C. The minimum atomic E-state index is 0.341. The van der Waals surface area contributed by atoms with E-state index in [4.69, 9.17) is 0 Å². The molecule has 0 saturated heterocycles. The first kappa shape index (κ1) is 12.0. The Morgan fingerprint density at radius 2 is 1.65 bits per heavy atom. The van der Waals surface area contributed by atoms with Crippen molar-refractivity contribution in [3.63, 3.8) is 0 Å². The Morgan fingerprint density at radius 1 is 1.00 bits per heavy atom. The lowest BCUT2D eigenvalue weighted by Crippen LogP contribution is -2.27. The third-order valence-corrected chi connectivity index (χ3v) is 3.83. The first-order chi connectivity index (χ1) is 7.91. The Balaban J connectivity index is 2.49. The van der Waals surface area contributed by atoms with Crippen molar-refractivity contribution in [2.24, 2.45) is 0 Å². The summed E-state index contributed by atoms with van der Waals surface area (Å²) in [5.41, 5.74) is 6.86. The second-order valence-electron chi connectivity index (χ2n) is 5.22. The van der Waals surface area contributed by atoms with Crippen LogP contribution in [0.3, 0.4) is 0 Å². The van der Waals surface area contributed by atoms with Gasteiger partial charge in [-0.15, -0.1) is 0 Å². The Bertz CT molecular complexity index is 474. The van der Waals surface area contributed by atoms with Crippen LogP contribution in [0.5, 0.6) is 0 Å². The molecule has 0 saturated carbocycles. The van der Waals surface area contributed by atoms with Crippen LogP contribution in [0.25, 0.3) is 0 Å². The highest BCUT2D eigenvalue weighted by Gasteiger charge is 2.27. The lowest BCUT2D eigenvalue weighted by molar-refractivity contribution is 0.199. The summed E-state index contributed by atoms with van der Waals surface area (Å²) in [6, 6.07) is 4.57. The van der Waals surface area contributed by atoms with E-state index in [9.17, 15) is 0 Å². The van der Waals surface area contributed by atoms with Crippen molar-refractivity contribution >= 4 is 0 Å². The lowest BCUT2D eigenvalue weighted by Gasteiger charge is -2.31. The molecule has 1 aromatic rings. The van der Waals surface area contributed by atoms with E-state index in [1.54, 1.807) is 0 Å². The van der Waals surface area contributed by atoms with Crippen LogP contribution in [-0.4, -0.2) is 23.9 Å². The first-order valence-corrected chi connectivity index (χ1v) is 6.12. The zero-order chi connectivity index (χ0) is 12.7. The number of aryl methyl sites for hydroxylation is 2. The highest BCUT2D eigenvalue weighted by atomic mass is 15.4. The van der Waals surface area contributed by atoms with E-state index >= 15 is 0 Å². The van der Waals surface area contributed by atoms with Crippen LogP contribution in [0.4, 0.5) is 0 Å². The second-order valence-corrected chi connectivity index (χ2v) is 5.22. The van der Waals surface area contributed by atoms with Gasteiger partial charge in [0.1, 0.15) is 6.17 Å². The van der Waals surface area contributed by atoms with Gasteiger partial charge in [-0.25, -0.2) is 0 Å². The monoisotopic (exact) mass is 230 g/mol. The maximum absolute atomic E-state index is 2.33. The van der Waals surface area contributed by atoms with Crippen LogP contribution >= 0.6 is 0 Å². The summed E-state index contributed by atoms with van der Waals surface area (Å²) in [4.78, 5) is 4.62. The standard InChI is InChI=1S/C15H22N2/c1-10-7-11(2)13(4)14(8-10)15-16(5)9-12(3)17(15)6/h7-9,15H,1-6H3. The molecule has 2 nitrogen and oxygen atoms in total. The minimum Gasteiger partial charge on any atom is -0.355 e. The zero-order valence-corrected chi connectivity index (χ0v) is 11.7. The molecule has 0 N–H and O–H groups in total. The fourth-order valence-electron chi connectivity index (χ4n) is 2.69. The molecule has 92 valence electrons. The molecular formula is C15H22N2. The number of hydrogen-bond acceptors (Lipinski definition) is 2. The topological polar surface area (TPSA) is 6.48 Å². The van der Waals surface area contributed by atoms with Gasteiger partial charge in [0, 0.05) is 26.0 Å². The molecule has 2 heteroatoms. The molecule has 17 heavy (non-hydrogen) atoms. The number of hydrogen-bond donors (Lipinski definition) is 0. The van der Waals surface area contributed by atoms with Gasteiger partial charge in [0.15, 0.2) is 0 Å². The third-order valence-electron chi connectivity index (χ3n) is 3.83. The largest absolute Gasteiger partial charge is 0.355 e. The van der Waals surface area contributed by atoms with Crippen molar-refractivity contribution in [1.82, 2.24) is 9.80 Å². The van der Waals surface area contributed by atoms with Crippen molar-refractivity contribution < 1.29 is 0 Å². The van der Waals surface area contributed by atoms with Gasteiger partial charge in [-0.1, -0.05) is 17.7 Å². The second kappa shape index (κ2) is 4.10. The summed E-state index contributed by atoms with van der Waals surface area (Å²) < 4.78 is 0. The van der Waals surface area contributed by atoms with E-state index in [0.29, 0.717) is 6.17 Å². The fraction of sp³-hybridized carbons (Fsp3) is 0.467. The van der Waals surface area contributed by atoms with E-state index in [0.717, 1.165) is 0 Å². The fourth-order valence-corrected chi connectivity index (χ4v) is 2.69. The maximum atomic E-state index is 2.33. The average Bonchev–Trinajstić information content (AvgIpc) is 2.48. The molecule has 1 atom stereocenters. The van der Waals surface area contributed by atoms with Crippen LogP contribution in [0.15, 0.2) is 24.0 Å². The van der Waals surface area contributed by atoms with Crippen LogP contribution in [0, 0.1) is 20.8 Å². The van der Waals surface area contributed by atoms with Crippen molar-refractivity contribution in [3.8, 4) is 0 Å². The van der Waals surface area contributed by atoms with E-state index in [1.165, 1.54) is 28.0 Å². The quantitative estimate of drug-likeness (QED) is 0.730. The number of nitrogens with zero attached hydrogens (tertiary/aromatic N) is 2. The molecule has 0 amide bonds. The predicted molar refractivity (Wildman–Crippen MR) is 72.7 cm³/mol. The Morgan fingerprint density at radius 3 is 2.18 bits per heavy atom. The number of allylic oxidation sites excluding steroid dienone is 1. The van der Waals surface area contributed by atoms with Gasteiger partial charge in [-0.3, -0.25) is 0 Å². The van der Waals surface area contributed by atoms with E-state index in [1.807, 2.05) is 0 Å². The summed E-state index contributed by atoms with van der Waals surface area (Å²) in [5, 5.41) is 0. The molecule has 1 aromatic carbocycles. The highest BCUT2D eigenvalue weighted by molar-refractivity contribution is 5.40. The first-order valence-electron chi connectivity index (χ1n) is 6.12. The molecule has 0 aromatic heterocycles. The third kappa shape index (κ3) is 1.92. The summed E-state index contributed by atoms with van der Waals surface area (Å²) in [5.74, 6) is 0. The zero-order valence-electron chi connectivity index (χ0n) is 11.7. The van der Waals surface area contributed by atoms with E-state index < -0.39 is 0 Å². The van der Waals surface area contributed by atoms with Gasteiger partial charge in [0.25, 0.3) is 0 Å². The van der Waals surface area contributed by atoms with Crippen LogP contribution in [-0.2, 0) is 0 Å². The normalized spacial score (nSPS) is 19.9. The van der Waals surface area contributed by atoms with Gasteiger partial charge in [-0.2, -0.15) is 0 Å². The lowest BCUT2D eigenvalue weighted by atomic mass is 9.97. The molecule has 2 rings (SSSR count). The van der Waals surface area contributed by atoms with Crippen LogP contribution in [0.2, 0.25) is 0 Å². The van der Waals surface area contributed by atoms with Gasteiger partial charge in [-0.05, 0) is 44.4 Å². The molecule has 0 radical (unpaired) electrons. The molecule has 0 fully saturated rings. The van der Waals surface area contributed by atoms with Crippen LogP contribution < -0.4 is 0 Å². The maximum Gasteiger partial charge on any atom is 0.127 e.